The van der Waals surface area contributed by atoms with Crippen molar-refractivity contribution in [2.75, 3.05) is 18.1 Å². The Balaban J connectivity index is 1.29. The summed E-state index contributed by atoms with van der Waals surface area (Å²) in [6.07, 6.45) is 5.66. The molecule has 0 unspecified atom stereocenters. The van der Waals surface area contributed by atoms with Crippen LogP contribution in [0, 0.1) is 0 Å². The number of anilines is 1. The van der Waals surface area contributed by atoms with Gasteiger partial charge >= 0.3 is 0 Å². The summed E-state index contributed by atoms with van der Waals surface area (Å²) in [7, 11) is 0. The van der Waals surface area contributed by atoms with Gasteiger partial charge < -0.3 is 9.64 Å². The Morgan fingerprint density at radius 1 is 1.10 bits per heavy atom. The van der Waals surface area contributed by atoms with E-state index in [1.165, 1.54) is 33.1 Å². The first kappa shape index (κ1) is 19.4. The van der Waals surface area contributed by atoms with E-state index in [9.17, 15) is 14.4 Å². The second-order valence-electron chi connectivity index (χ2n) is 7.17. The Hall–Kier alpha value is -2.87. The second-order valence-corrected chi connectivity index (χ2v) is 8.31. The van der Waals surface area contributed by atoms with Crippen LogP contribution in [0.2, 0.25) is 0 Å². The van der Waals surface area contributed by atoms with Crippen molar-refractivity contribution in [2.45, 2.75) is 38.5 Å². The quantitative estimate of drug-likeness (QED) is 0.596. The topological polar surface area (TPSA) is 87.7 Å². The van der Waals surface area contributed by atoms with Crippen molar-refractivity contribution < 1.29 is 19.1 Å². The number of rotatable bonds is 4. The summed E-state index contributed by atoms with van der Waals surface area (Å²) < 4.78 is 5.40. The summed E-state index contributed by atoms with van der Waals surface area (Å²) in [5.41, 5.74) is 6.85. The third-order valence-electron chi connectivity index (χ3n) is 5.16. The Morgan fingerprint density at radius 2 is 1.93 bits per heavy atom. The predicted molar refractivity (Wildman–Crippen MR) is 110 cm³/mol. The largest absolute Gasteiger partial charge is 0.482 e. The minimum Gasteiger partial charge on any atom is -0.482 e. The van der Waals surface area contributed by atoms with Crippen molar-refractivity contribution in [3.63, 3.8) is 0 Å². The Kier molecular flexibility index (Phi) is 5.80. The molecule has 1 aromatic heterocycles. The van der Waals surface area contributed by atoms with Crippen LogP contribution in [0.3, 0.4) is 0 Å². The van der Waals surface area contributed by atoms with Gasteiger partial charge in [0.15, 0.2) is 6.61 Å². The zero-order valence-corrected chi connectivity index (χ0v) is 16.8. The molecule has 4 rings (SSSR count). The minimum atomic E-state index is -0.353. The SMILES string of the molecule is O=C(CCN1C(=O)COc2ccccc21)NNC(=O)c1cc2c(s1)CCCCC2. The van der Waals surface area contributed by atoms with Gasteiger partial charge in [-0.3, -0.25) is 25.2 Å². The van der Waals surface area contributed by atoms with E-state index < -0.39 is 0 Å². The van der Waals surface area contributed by atoms with E-state index in [2.05, 4.69) is 10.9 Å². The maximum absolute atomic E-state index is 12.4. The van der Waals surface area contributed by atoms with Gasteiger partial charge in [0.1, 0.15) is 5.75 Å². The lowest BCUT2D eigenvalue weighted by Crippen LogP contribution is -2.44. The fraction of sp³-hybridized carbons (Fsp3) is 0.381. The highest BCUT2D eigenvalue weighted by Gasteiger charge is 2.25. The van der Waals surface area contributed by atoms with Crippen molar-refractivity contribution >= 4 is 34.7 Å². The normalized spacial score (nSPS) is 15.6. The molecule has 1 aliphatic heterocycles. The van der Waals surface area contributed by atoms with Gasteiger partial charge in [-0.05, 0) is 49.4 Å². The number of fused-ring (bicyclic) bond motifs is 2. The number of nitrogens with one attached hydrogen (secondary N) is 2. The first-order chi connectivity index (χ1) is 14.1. The van der Waals surface area contributed by atoms with E-state index in [-0.39, 0.29) is 37.3 Å². The summed E-state index contributed by atoms with van der Waals surface area (Å²) >= 11 is 1.51. The van der Waals surface area contributed by atoms with Gasteiger partial charge in [0, 0.05) is 17.8 Å². The number of hydrazine groups is 1. The number of nitrogens with zero attached hydrogens (tertiary/aromatic N) is 1. The number of benzene rings is 1. The number of para-hydroxylation sites is 2. The maximum atomic E-state index is 12.4. The standard InChI is InChI=1S/C21H23N3O4S/c25-19(10-11-24-15-7-4-5-8-16(15)28-13-20(24)26)22-23-21(27)18-12-14-6-2-1-3-9-17(14)29-18/h4-5,7-8,12H,1-3,6,9-11,13H2,(H,22,25)(H,23,27). The molecule has 0 saturated heterocycles. The highest BCUT2D eigenvalue weighted by Crippen LogP contribution is 2.31. The summed E-state index contributed by atoms with van der Waals surface area (Å²) in [6.45, 7) is 0.173. The van der Waals surface area contributed by atoms with E-state index in [0.717, 1.165) is 25.7 Å². The van der Waals surface area contributed by atoms with Crippen LogP contribution in [0.4, 0.5) is 5.69 Å². The van der Waals surface area contributed by atoms with Gasteiger partial charge in [0.2, 0.25) is 5.91 Å². The van der Waals surface area contributed by atoms with Gasteiger partial charge in [-0.1, -0.05) is 18.6 Å². The molecule has 3 amide bonds. The number of aryl methyl sites for hydroxylation is 2. The van der Waals surface area contributed by atoms with Gasteiger partial charge in [0.05, 0.1) is 10.6 Å². The lowest BCUT2D eigenvalue weighted by Gasteiger charge is -2.29. The molecule has 2 heterocycles. The Morgan fingerprint density at radius 3 is 2.83 bits per heavy atom. The van der Waals surface area contributed by atoms with E-state index in [0.29, 0.717) is 16.3 Å². The van der Waals surface area contributed by atoms with Crippen LogP contribution < -0.4 is 20.5 Å². The highest BCUT2D eigenvalue weighted by molar-refractivity contribution is 7.14. The highest BCUT2D eigenvalue weighted by atomic mass is 32.1. The van der Waals surface area contributed by atoms with Crippen molar-refractivity contribution in [1.82, 2.24) is 10.9 Å². The molecule has 8 heteroatoms. The zero-order chi connectivity index (χ0) is 20.2. The van der Waals surface area contributed by atoms with Gasteiger partial charge in [-0.25, -0.2) is 0 Å². The van der Waals surface area contributed by atoms with Crippen LogP contribution in [0.25, 0.3) is 0 Å². The fourth-order valence-electron chi connectivity index (χ4n) is 3.64. The monoisotopic (exact) mass is 413 g/mol. The Labute approximate surface area is 173 Å². The minimum absolute atomic E-state index is 0.0432. The molecule has 152 valence electrons. The predicted octanol–water partition coefficient (Wildman–Crippen LogP) is 2.59. The smallest absolute Gasteiger partial charge is 0.279 e. The molecule has 0 saturated carbocycles. The lowest BCUT2D eigenvalue weighted by atomic mass is 10.1. The van der Waals surface area contributed by atoms with Crippen molar-refractivity contribution in [1.29, 1.82) is 0 Å². The van der Waals surface area contributed by atoms with E-state index >= 15 is 0 Å². The fourth-order valence-corrected chi connectivity index (χ4v) is 4.79. The molecular weight excluding hydrogens is 390 g/mol. The van der Waals surface area contributed by atoms with Gasteiger partial charge in [0.25, 0.3) is 11.8 Å². The molecule has 1 aromatic carbocycles. The molecule has 0 radical (unpaired) electrons. The second kappa shape index (κ2) is 8.65. The molecule has 7 nitrogen and oxygen atoms in total. The third-order valence-corrected chi connectivity index (χ3v) is 6.39. The van der Waals surface area contributed by atoms with Gasteiger partial charge in [-0.2, -0.15) is 0 Å². The summed E-state index contributed by atoms with van der Waals surface area (Å²) in [4.78, 5) is 40.1. The molecular formula is C21H23N3O4S. The number of carbonyl (C=O) groups excluding carboxylic acids is 3. The molecule has 0 bridgehead atoms. The number of hydrogen-bond donors (Lipinski definition) is 2. The number of amides is 3. The molecule has 0 spiro atoms. The van der Waals surface area contributed by atoms with Crippen LogP contribution in [0.5, 0.6) is 5.75 Å². The molecule has 2 aliphatic rings. The molecule has 0 fully saturated rings. The Bertz CT molecular complexity index is 916. The zero-order valence-electron chi connectivity index (χ0n) is 16.0. The molecule has 1 aliphatic carbocycles. The molecule has 0 atom stereocenters. The first-order valence-corrected chi connectivity index (χ1v) is 10.7. The number of ether oxygens (including phenoxy) is 1. The lowest BCUT2D eigenvalue weighted by molar-refractivity contribution is -0.122. The van der Waals surface area contributed by atoms with Crippen LogP contribution in [0.15, 0.2) is 30.3 Å². The van der Waals surface area contributed by atoms with E-state index in [1.807, 2.05) is 18.2 Å². The van der Waals surface area contributed by atoms with E-state index in [4.69, 9.17) is 4.74 Å². The number of thiophene rings is 1. The average Bonchev–Trinajstić information content (AvgIpc) is 3.02. The summed E-state index contributed by atoms with van der Waals surface area (Å²) in [5.74, 6) is -0.226. The van der Waals surface area contributed by atoms with Gasteiger partial charge in [-0.15, -0.1) is 11.3 Å². The van der Waals surface area contributed by atoms with E-state index in [1.54, 1.807) is 12.1 Å². The molecule has 2 aromatic rings. The average molecular weight is 413 g/mol. The maximum Gasteiger partial charge on any atom is 0.279 e. The van der Waals surface area contributed by atoms with Crippen LogP contribution in [-0.4, -0.2) is 30.9 Å². The number of hydrogen-bond acceptors (Lipinski definition) is 5. The summed E-state index contributed by atoms with van der Waals surface area (Å²) in [6, 6.07) is 9.16. The number of carbonyl (C=O) groups is 3. The third kappa shape index (κ3) is 4.42. The molecule has 2 N–H and O–H groups in total. The summed E-state index contributed by atoms with van der Waals surface area (Å²) in [5, 5.41) is 0. The van der Waals surface area contributed by atoms with Crippen LogP contribution in [-0.2, 0) is 22.4 Å². The van der Waals surface area contributed by atoms with Crippen molar-refractivity contribution in [2.24, 2.45) is 0 Å². The molecule has 29 heavy (non-hydrogen) atoms. The van der Waals surface area contributed by atoms with Crippen molar-refractivity contribution in [3.8, 4) is 5.75 Å². The van der Waals surface area contributed by atoms with Crippen LogP contribution >= 0.6 is 11.3 Å². The van der Waals surface area contributed by atoms with Crippen molar-refractivity contribution in [3.05, 3.63) is 45.6 Å². The first-order valence-electron chi connectivity index (χ1n) is 9.85. The van der Waals surface area contributed by atoms with Crippen LogP contribution in [0.1, 0.15) is 45.8 Å².